The van der Waals surface area contributed by atoms with Gasteiger partial charge in [0.15, 0.2) is 5.43 Å². The largest absolute Gasteiger partial charge is 0.493 e. The quantitative estimate of drug-likeness (QED) is 0.411. The zero-order valence-electron chi connectivity index (χ0n) is 20.2. The van der Waals surface area contributed by atoms with E-state index in [0.717, 1.165) is 60.9 Å². The maximum Gasteiger partial charge on any atom is 0.342 e. The van der Waals surface area contributed by atoms with Crippen LogP contribution >= 0.6 is 0 Å². The number of nitrogens with zero attached hydrogens (tertiary/aromatic N) is 1. The summed E-state index contributed by atoms with van der Waals surface area (Å²) in [5, 5.41) is 0. The molecule has 0 bridgehead atoms. The van der Waals surface area contributed by atoms with E-state index in [1.807, 2.05) is 25.3 Å². The predicted molar refractivity (Wildman–Crippen MR) is 128 cm³/mol. The number of pyridine rings is 1. The van der Waals surface area contributed by atoms with Gasteiger partial charge in [-0.15, -0.1) is 0 Å². The van der Waals surface area contributed by atoms with Gasteiger partial charge in [0.2, 0.25) is 0 Å². The second-order valence-corrected chi connectivity index (χ2v) is 9.64. The molecule has 0 amide bonds. The molecule has 1 aromatic carbocycles. The molecule has 1 aliphatic heterocycles. The van der Waals surface area contributed by atoms with Crippen molar-refractivity contribution in [1.29, 1.82) is 0 Å². The molecule has 1 unspecified atom stereocenters. The van der Waals surface area contributed by atoms with Crippen LogP contribution < -0.4 is 10.2 Å². The number of methoxy groups -OCH3 is 1. The molecule has 6 nitrogen and oxygen atoms in total. The van der Waals surface area contributed by atoms with Crippen molar-refractivity contribution in [3.05, 3.63) is 51.3 Å². The van der Waals surface area contributed by atoms with Crippen LogP contribution in [0.5, 0.6) is 5.75 Å². The molecule has 2 aliphatic rings. The maximum atomic E-state index is 13.2. The summed E-state index contributed by atoms with van der Waals surface area (Å²) < 4.78 is 19.2. The molecule has 6 heteroatoms. The lowest BCUT2D eigenvalue weighted by Gasteiger charge is -2.34. The van der Waals surface area contributed by atoms with Crippen molar-refractivity contribution in [2.75, 3.05) is 20.3 Å². The second-order valence-electron chi connectivity index (χ2n) is 9.64. The fraction of sp³-hybridized carbons (Fsp3) is 0.556. The van der Waals surface area contributed by atoms with Crippen molar-refractivity contribution in [1.82, 2.24) is 4.57 Å². The number of aryl methyl sites for hydroxylation is 1. The van der Waals surface area contributed by atoms with E-state index in [4.69, 9.17) is 14.2 Å². The summed E-state index contributed by atoms with van der Waals surface area (Å²) in [6.07, 6.45) is 7.48. The van der Waals surface area contributed by atoms with E-state index in [1.165, 1.54) is 0 Å². The minimum absolute atomic E-state index is 0.00609. The Labute approximate surface area is 195 Å². The van der Waals surface area contributed by atoms with Gasteiger partial charge in [0.05, 0.1) is 12.3 Å². The number of hydrogen-bond donors (Lipinski definition) is 0. The van der Waals surface area contributed by atoms with E-state index in [-0.39, 0.29) is 23.5 Å². The second kappa shape index (κ2) is 10.1. The van der Waals surface area contributed by atoms with Crippen LogP contribution in [0.2, 0.25) is 0 Å². The Bertz CT molecular complexity index is 1060. The Hall–Kier alpha value is -2.60. The van der Waals surface area contributed by atoms with E-state index in [1.54, 1.807) is 13.2 Å². The number of benzene rings is 1. The van der Waals surface area contributed by atoms with Gasteiger partial charge in [-0.25, -0.2) is 4.79 Å². The highest BCUT2D eigenvalue weighted by Crippen LogP contribution is 2.40. The fourth-order valence-electron chi connectivity index (χ4n) is 4.94. The molecular weight excluding hydrogens is 418 g/mol. The molecule has 0 spiro atoms. The van der Waals surface area contributed by atoms with Crippen molar-refractivity contribution in [3.63, 3.8) is 0 Å². The number of ether oxygens (including phenoxy) is 3. The zero-order chi connectivity index (χ0) is 23.5. The first kappa shape index (κ1) is 23.6. The number of fused-ring (bicyclic) bond motifs is 3. The summed E-state index contributed by atoms with van der Waals surface area (Å²) in [5.74, 6) is 0.591. The predicted octanol–water partition coefficient (Wildman–Crippen LogP) is 5.09. The molecule has 0 radical (unpaired) electrons. The van der Waals surface area contributed by atoms with Gasteiger partial charge >= 0.3 is 5.97 Å². The van der Waals surface area contributed by atoms with Gasteiger partial charge in [0.1, 0.15) is 17.4 Å². The van der Waals surface area contributed by atoms with Crippen molar-refractivity contribution in [2.45, 2.75) is 71.4 Å². The standard InChI is InChI=1S/C27H35NO5/c1-17(2)23-12-19-13-26(32-11-7-10-31-4)22(27(30)33-20-8-5-6-9-20)14-21(19)24-15-25(29)18(3)16-28(23)24/h13-17,20,23H,5-12H2,1-4H3. The Morgan fingerprint density at radius 3 is 2.61 bits per heavy atom. The highest BCUT2D eigenvalue weighted by Gasteiger charge is 2.30. The third-order valence-electron chi connectivity index (χ3n) is 6.85. The van der Waals surface area contributed by atoms with Crippen molar-refractivity contribution in [2.24, 2.45) is 5.92 Å². The van der Waals surface area contributed by atoms with Crippen molar-refractivity contribution < 1.29 is 19.0 Å². The molecule has 1 fully saturated rings. The highest BCUT2D eigenvalue weighted by molar-refractivity contribution is 5.95. The van der Waals surface area contributed by atoms with Crippen LogP contribution in [0.25, 0.3) is 11.3 Å². The first-order valence-electron chi connectivity index (χ1n) is 12.1. The lowest BCUT2D eigenvalue weighted by Crippen LogP contribution is -2.27. The molecule has 1 aliphatic carbocycles. The number of hydrogen-bond acceptors (Lipinski definition) is 5. The number of carbonyl (C=O) groups excluding carboxylic acids is 1. The van der Waals surface area contributed by atoms with Gasteiger partial charge in [-0.3, -0.25) is 4.79 Å². The third-order valence-corrected chi connectivity index (χ3v) is 6.85. The van der Waals surface area contributed by atoms with Crippen LogP contribution in [0.15, 0.2) is 29.2 Å². The van der Waals surface area contributed by atoms with Crippen LogP contribution in [-0.4, -0.2) is 37.0 Å². The smallest absolute Gasteiger partial charge is 0.342 e. The van der Waals surface area contributed by atoms with Gasteiger partial charge in [0, 0.05) is 49.6 Å². The van der Waals surface area contributed by atoms with E-state index < -0.39 is 0 Å². The summed E-state index contributed by atoms with van der Waals surface area (Å²) in [7, 11) is 1.66. The van der Waals surface area contributed by atoms with Gasteiger partial charge < -0.3 is 18.8 Å². The van der Waals surface area contributed by atoms with Crippen LogP contribution in [0.3, 0.4) is 0 Å². The van der Waals surface area contributed by atoms with E-state index in [2.05, 4.69) is 18.4 Å². The molecule has 1 aromatic heterocycles. The Kier molecular flexibility index (Phi) is 7.23. The van der Waals surface area contributed by atoms with Crippen LogP contribution in [-0.2, 0) is 15.9 Å². The number of rotatable bonds is 8. The molecule has 4 rings (SSSR count). The highest BCUT2D eigenvalue weighted by atomic mass is 16.5. The lowest BCUT2D eigenvalue weighted by atomic mass is 9.86. The van der Waals surface area contributed by atoms with E-state index in [0.29, 0.717) is 30.4 Å². The van der Waals surface area contributed by atoms with Crippen LogP contribution in [0, 0.1) is 12.8 Å². The van der Waals surface area contributed by atoms with E-state index >= 15 is 0 Å². The maximum absolute atomic E-state index is 13.2. The van der Waals surface area contributed by atoms with Gasteiger partial charge in [-0.1, -0.05) is 13.8 Å². The molecule has 0 N–H and O–H groups in total. The van der Waals surface area contributed by atoms with Crippen molar-refractivity contribution in [3.8, 4) is 17.0 Å². The molecule has 2 heterocycles. The Balaban J connectivity index is 1.77. The zero-order valence-corrected chi connectivity index (χ0v) is 20.2. The number of esters is 1. The normalized spacial score (nSPS) is 17.7. The molecule has 33 heavy (non-hydrogen) atoms. The first-order valence-corrected chi connectivity index (χ1v) is 12.1. The minimum atomic E-state index is -0.349. The molecule has 0 saturated heterocycles. The van der Waals surface area contributed by atoms with Crippen molar-refractivity contribution >= 4 is 5.97 Å². The monoisotopic (exact) mass is 453 g/mol. The summed E-state index contributed by atoms with van der Waals surface area (Å²) in [6.45, 7) is 7.30. The summed E-state index contributed by atoms with van der Waals surface area (Å²) in [5.41, 5.74) is 4.02. The topological polar surface area (TPSA) is 66.8 Å². The lowest BCUT2D eigenvalue weighted by molar-refractivity contribution is 0.0313. The SMILES string of the molecule is COCCCOc1cc2c(cc1C(=O)OC1CCCC1)-c1cc(=O)c(C)cn1C(C(C)C)C2. The molecule has 2 aromatic rings. The van der Waals surface area contributed by atoms with Gasteiger partial charge in [-0.2, -0.15) is 0 Å². The van der Waals surface area contributed by atoms with Crippen LogP contribution in [0.1, 0.15) is 73.5 Å². The molecular formula is C27H35NO5. The molecule has 178 valence electrons. The average Bonchev–Trinajstić information content (AvgIpc) is 3.29. The first-order chi connectivity index (χ1) is 15.9. The Morgan fingerprint density at radius 1 is 1.15 bits per heavy atom. The minimum Gasteiger partial charge on any atom is -0.493 e. The molecule has 1 atom stereocenters. The summed E-state index contributed by atoms with van der Waals surface area (Å²) >= 11 is 0. The summed E-state index contributed by atoms with van der Waals surface area (Å²) in [4.78, 5) is 25.8. The van der Waals surface area contributed by atoms with E-state index in [9.17, 15) is 9.59 Å². The van der Waals surface area contributed by atoms with Crippen LogP contribution in [0.4, 0.5) is 0 Å². The van der Waals surface area contributed by atoms with Gasteiger partial charge in [0.25, 0.3) is 0 Å². The number of aromatic nitrogens is 1. The number of carbonyl (C=O) groups is 1. The van der Waals surface area contributed by atoms with Gasteiger partial charge in [-0.05, 0) is 62.6 Å². The Morgan fingerprint density at radius 2 is 1.91 bits per heavy atom. The molecule has 1 saturated carbocycles. The fourth-order valence-corrected chi connectivity index (χ4v) is 4.94. The average molecular weight is 454 g/mol. The third kappa shape index (κ3) is 5.01. The summed E-state index contributed by atoms with van der Waals surface area (Å²) in [6, 6.07) is 5.78.